The Balaban J connectivity index is 1.43. The third-order valence-electron chi connectivity index (χ3n) is 4.42. The van der Waals surface area contributed by atoms with E-state index in [1.165, 1.54) is 0 Å². The second-order valence-electron chi connectivity index (χ2n) is 6.75. The van der Waals surface area contributed by atoms with Crippen molar-refractivity contribution < 1.29 is 18.0 Å². The zero-order valence-corrected chi connectivity index (χ0v) is 16.7. The van der Waals surface area contributed by atoms with Crippen molar-refractivity contribution in [3.05, 3.63) is 60.2 Å². The molecule has 3 N–H and O–H groups in total. The summed E-state index contributed by atoms with van der Waals surface area (Å²) in [5.74, 6) is -0.00135. The molecule has 0 saturated carbocycles. The van der Waals surface area contributed by atoms with Crippen molar-refractivity contribution in [3.63, 3.8) is 0 Å². The molecule has 29 heavy (non-hydrogen) atoms. The third kappa shape index (κ3) is 6.21. The lowest BCUT2D eigenvalue weighted by molar-refractivity contribution is 0.251. The van der Waals surface area contributed by atoms with Crippen LogP contribution in [0.3, 0.4) is 0 Å². The van der Waals surface area contributed by atoms with Gasteiger partial charge in [0.25, 0.3) is 0 Å². The molecule has 4 amide bonds. The molecule has 0 bridgehead atoms. The van der Waals surface area contributed by atoms with Crippen LogP contribution in [0.4, 0.5) is 21.0 Å². The average molecular weight is 417 g/mol. The summed E-state index contributed by atoms with van der Waals surface area (Å²) >= 11 is 0. The van der Waals surface area contributed by atoms with Gasteiger partial charge < -0.3 is 16.0 Å². The number of hydrogen-bond donors (Lipinski definition) is 3. The first-order valence-corrected chi connectivity index (χ1v) is 11.2. The largest absolute Gasteiger partial charge is 0.338 e. The van der Waals surface area contributed by atoms with Crippen LogP contribution in [-0.4, -0.2) is 45.9 Å². The number of sulfone groups is 1. The maximum atomic E-state index is 12.2. The van der Waals surface area contributed by atoms with Crippen LogP contribution >= 0.6 is 0 Å². The van der Waals surface area contributed by atoms with Gasteiger partial charge in [0.15, 0.2) is 9.84 Å². The van der Waals surface area contributed by atoms with Gasteiger partial charge >= 0.3 is 12.1 Å². The summed E-state index contributed by atoms with van der Waals surface area (Å²) in [6, 6.07) is 15.4. The lowest BCUT2D eigenvalue weighted by Gasteiger charge is -2.15. The molecule has 1 fully saturated rings. The van der Waals surface area contributed by atoms with Gasteiger partial charge in [-0.15, -0.1) is 0 Å². The highest BCUT2D eigenvalue weighted by molar-refractivity contribution is 7.90. The first kappa shape index (κ1) is 20.7. The standard InChI is InChI=1S/C20H24N4O4S/c25-19(21-10-5-13-29(27,28)15-16-6-2-1-3-7-16)23-17-8-4-9-18(14-17)24-12-11-22-20(24)26/h1-4,6-9,14H,5,10-13,15H2,(H,22,26)(H2,21,23,25). The molecule has 2 aromatic rings. The summed E-state index contributed by atoms with van der Waals surface area (Å²) in [7, 11) is -3.23. The Bertz CT molecular complexity index is 963. The summed E-state index contributed by atoms with van der Waals surface area (Å²) in [6.07, 6.45) is 0.330. The number of nitrogens with zero attached hydrogens (tertiary/aromatic N) is 1. The smallest absolute Gasteiger partial charge is 0.321 e. The number of hydrogen-bond acceptors (Lipinski definition) is 4. The Morgan fingerprint density at radius 3 is 2.62 bits per heavy atom. The molecule has 0 unspecified atom stereocenters. The predicted molar refractivity (Wildman–Crippen MR) is 113 cm³/mol. The van der Waals surface area contributed by atoms with Crippen LogP contribution in [0.25, 0.3) is 0 Å². The van der Waals surface area contributed by atoms with Gasteiger partial charge in [-0.05, 0) is 30.2 Å². The second-order valence-corrected chi connectivity index (χ2v) is 8.93. The van der Waals surface area contributed by atoms with Crippen LogP contribution in [0.1, 0.15) is 12.0 Å². The first-order valence-electron chi connectivity index (χ1n) is 9.38. The van der Waals surface area contributed by atoms with E-state index in [4.69, 9.17) is 0 Å². The lowest BCUT2D eigenvalue weighted by Crippen LogP contribution is -2.31. The minimum Gasteiger partial charge on any atom is -0.338 e. The van der Waals surface area contributed by atoms with Crippen LogP contribution < -0.4 is 20.9 Å². The number of urea groups is 2. The number of anilines is 2. The summed E-state index contributed by atoms with van der Waals surface area (Å²) in [5.41, 5.74) is 2.01. The molecule has 0 atom stereocenters. The molecule has 0 aliphatic carbocycles. The lowest BCUT2D eigenvalue weighted by atomic mass is 10.2. The van der Waals surface area contributed by atoms with Crippen molar-refractivity contribution in [1.82, 2.24) is 10.6 Å². The fourth-order valence-electron chi connectivity index (χ4n) is 3.04. The van der Waals surface area contributed by atoms with Gasteiger partial charge in [0.1, 0.15) is 0 Å². The second kappa shape index (κ2) is 9.42. The molecule has 1 saturated heterocycles. The van der Waals surface area contributed by atoms with Crippen LogP contribution in [0, 0.1) is 0 Å². The van der Waals surface area contributed by atoms with Crippen molar-refractivity contribution in [2.24, 2.45) is 0 Å². The Kier molecular flexibility index (Phi) is 6.71. The Morgan fingerprint density at radius 1 is 1.10 bits per heavy atom. The minimum absolute atomic E-state index is 0.00172. The number of carbonyl (C=O) groups excluding carboxylic acids is 2. The molecular weight excluding hydrogens is 392 g/mol. The SMILES string of the molecule is O=C(NCCCS(=O)(=O)Cc1ccccc1)Nc1cccc(N2CCNC2=O)c1. The average Bonchev–Trinajstić information content (AvgIpc) is 3.12. The zero-order valence-electron chi connectivity index (χ0n) is 15.9. The van der Waals surface area contributed by atoms with Gasteiger partial charge in [0, 0.05) is 31.0 Å². The molecule has 1 aliphatic rings. The summed E-state index contributed by atoms with van der Waals surface area (Å²) in [5, 5.41) is 8.09. The third-order valence-corrected chi connectivity index (χ3v) is 6.10. The fourth-order valence-corrected chi connectivity index (χ4v) is 4.47. The molecule has 2 aromatic carbocycles. The Hall–Kier alpha value is -3.07. The minimum atomic E-state index is -3.23. The highest BCUT2D eigenvalue weighted by Crippen LogP contribution is 2.20. The van der Waals surface area contributed by atoms with Gasteiger partial charge in [0.2, 0.25) is 0 Å². The van der Waals surface area contributed by atoms with Gasteiger partial charge in [0.05, 0.1) is 11.5 Å². The van der Waals surface area contributed by atoms with Crippen molar-refractivity contribution >= 4 is 33.3 Å². The molecule has 8 nitrogen and oxygen atoms in total. The van der Waals surface area contributed by atoms with E-state index < -0.39 is 15.9 Å². The Labute approximate surface area is 170 Å². The van der Waals surface area contributed by atoms with Crippen LogP contribution in [0.2, 0.25) is 0 Å². The summed E-state index contributed by atoms with van der Waals surface area (Å²) in [4.78, 5) is 25.4. The van der Waals surface area contributed by atoms with Crippen molar-refractivity contribution in [2.45, 2.75) is 12.2 Å². The molecule has 1 heterocycles. The van der Waals surface area contributed by atoms with Crippen molar-refractivity contribution in [2.75, 3.05) is 35.6 Å². The van der Waals surface area contributed by atoms with Crippen molar-refractivity contribution in [3.8, 4) is 0 Å². The molecule has 9 heteroatoms. The first-order chi connectivity index (χ1) is 13.9. The fraction of sp³-hybridized carbons (Fsp3) is 0.300. The van der Waals surface area contributed by atoms with Crippen LogP contribution in [0.15, 0.2) is 54.6 Å². The van der Waals surface area contributed by atoms with E-state index in [1.807, 2.05) is 18.2 Å². The van der Waals surface area contributed by atoms with E-state index in [2.05, 4.69) is 16.0 Å². The summed E-state index contributed by atoms with van der Waals surface area (Å²) in [6.45, 7) is 1.41. The van der Waals surface area contributed by atoms with E-state index in [9.17, 15) is 18.0 Å². The topological polar surface area (TPSA) is 108 Å². The molecule has 154 valence electrons. The quantitative estimate of drug-likeness (QED) is 0.574. The highest BCUT2D eigenvalue weighted by Gasteiger charge is 2.21. The van der Waals surface area contributed by atoms with E-state index in [0.717, 1.165) is 5.56 Å². The number of carbonyl (C=O) groups is 2. The van der Waals surface area contributed by atoms with E-state index in [0.29, 0.717) is 30.9 Å². The molecular formula is C20H24N4O4S. The maximum absolute atomic E-state index is 12.2. The Morgan fingerprint density at radius 2 is 1.90 bits per heavy atom. The molecule has 0 spiro atoms. The van der Waals surface area contributed by atoms with Crippen LogP contribution in [-0.2, 0) is 15.6 Å². The number of rotatable bonds is 8. The normalized spacial score (nSPS) is 13.8. The molecule has 0 radical (unpaired) electrons. The highest BCUT2D eigenvalue weighted by atomic mass is 32.2. The number of benzene rings is 2. The molecule has 0 aromatic heterocycles. The number of amides is 4. The van der Waals surface area contributed by atoms with Crippen LogP contribution in [0.5, 0.6) is 0 Å². The van der Waals surface area contributed by atoms with E-state index in [-0.39, 0.29) is 24.1 Å². The molecule has 1 aliphatic heterocycles. The predicted octanol–water partition coefficient (Wildman–Crippen LogP) is 2.34. The van der Waals surface area contributed by atoms with E-state index >= 15 is 0 Å². The van der Waals surface area contributed by atoms with Gasteiger partial charge in [-0.1, -0.05) is 36.4 Å². The van der Waals surface area contributed by atoms with E-state index in [1.54, 1.807) is 41.3 Å². The zero-order chi connectivity index (χ0) is 20.7. The van der Waals surface area contributed by atoms with Gasteiger partial charge in [-0.2, -0.15) is 0 Å². The van der Waals surface area contributed by atoms with Crippen molar-refractivity contribution in [1.29, 1.82) is 0 Å². The maximum Gasteiger partial charge on any atom is 0.321 e. The monoisotopic (exact) mass is 416 g/mol. The number of nitrogens with one attached hydrogen (secondary N) is 3. The summed E-state index contributed by atoms with van der Waals surface area (Å²) < 4.78 is 24.3. The van der Waals surface area contributed by atoms with Gasteiger partial charge in [-0.3, -0.25) is 4.90 Å². The van der Waals surface area contributed by atoms with Gasteiger partial charge in [-0.25, -0.2) is 18.0 Å². The molecule has 3 rings (SSSR count).